The predicted molar refractivity (Wildman–Crippen MR) is 72.3 cm³/mol. The van der Waals surface area contributed by atoms with Gasteiger partial charge in [-0.05, 0) is 31.0 Å². The number of phenolic OH excluding ortho intramolecular Hbond substituents is 1. The average Bonchev–Trinajstić information content (AvgIpc) is 3.12. The summed E-state index contributed by atoms with van der Waals surface area (Å²) in [4.78, 5) is 25.8. The van der Waals surface area contributed by atoms with Gasteiger partial charge in [-0.1, -0.05) is 0 Å². The monoisotopic (exact) mass is 274 g/mol. The van der Waals surface area contributed by atoms with E-state index in [-0.39, 0.29) is 29.3 Å². The number of carboxylic acids is 1. The van der Waals surface area contributed by atoms with Crippen LogP contribution in [0.4, 0.5) is 0 Å². The summed E-state index contributed by atoms with van der Waals surface area (Å²) >= 11 is 0. The molecule has 104 valence electrons. The van der Waals surface area contributed by atoms with E-state index in [0.717, 1.165) is 12.8 Å². The summed E-state index contributed by atoms with van der Waals surface area (Å²) in [5.41, 5.74) is 0.639. The molecule has 0 aliphatic heterocycles. The zero-order chi connectivity index (χ0) is 14.3. The molecule has 1 aliphatic rings. The highest BCUT2D eigenvalue weighted by Gasteiger charge is 2.23. The van der Waals surface area contributed by atoms with Gasteiger partial charge in [0.2, 0.25) is 0 Å². The van der Waals surface area contributed by atoms with Gasteiger partial charge in [0.05, 0.1) is 12.1 Å². The van der Waals surface area contributed by atoms with Crippen LogP contribution in [0.1, 0.15) is 33.7 Å². The van der Waals surface area contributed by atoms with Gasteiger partial charge < -0.3 is 20.5 Å². The summed E-state index contributed by atoms with van der Waals surface area (Å²) < 4.78 is 0. The largest absolute Gasteiger partial charge is 0.506 e. The van der Waals surface area contributed by atoms with Crippen LogP contribution in [0, 0.1) is 0 Å². The molecular weight excluding hydrogens is 260 g/mol. The van der Waals surface area contributed by atoms with Gasteiger partial charge in [0, 0.05) is 17.0 Å². The summed E-state index contributed by atoms with van der Waals surface area (Å²) in [7, 11) is 0. The fourth-order valence-corrected chi connectivity index (χ4v) is 2.18. The van der Waals surface area contributed by atoms with Gasteiger partial charge in [0.25, 0.3) is 0 Å². The number of rotatable bonds is 5. The quantitative estimate of drug-likeness (QED) is 0.619. The Kier molecular flexibility index (Phi) is 2.94. The number of carbonyl (C=O) groups excluding carboxylic acids is 1. The lowest BCUT2D eigenvalue weighted by molar-refractivity contribution is 0.0691. The van der Waals surface area contributed by atoms with Gasteiger partial charge in [-0.15, -0.1) is 0 Å². The molecule has 1 fully saturated rings. The van der Waals surface area contributed by atoms with Crippen LogP contribution in [0.15, 0.2) is 18.2 Å². The number of aromatic hydroxyl groups is 1. The van der Waals surface area contributed by atoms with Crippen LogP contribution in [0.2, 0.25) is 0 Å². The number of aromatic carboxylic acids is 1. The zero-order valence-corrected chi connectivity index (χ0v) is 10.6. The molecule has 0 amide bonds. The van der Waals surface area contributed by atoms with E-state index in [1.54, 1.807) is 0 Å². The summed E-state index contributed by atoms with van der Waals surface area (Å²) in [6, 6.07) is 4.72. The lowest BCUT2D eigenvalue weighted by Crippen LogP contribution is -2.24. The lowest BCUT2D eigenvalue weighted by atomic mass is 10.1. The molecule has 0 atom stereocenters. The summed E-state index contributed by atoms with van der Waals surface area (Å²) in [6.45, 7) is 0.220. The van der Waals surface area contributed by atoms with Crippen LogP contribution in [0.25, 0.3) is 10.9 Å². The van der Waals surface area contributed by atoms with Crippen molar-refractivity contribution in [1.82, 2.24) is 10.3 Å². The van der Waals surface area contributed by atoms with Crippen molar-refractivity contribution in [1.29, 1.82) is 0 Å². The number of aromatic nitrogens is 1. The number of hydrogen-bond acceptors (Lipinski definition) is 4. The Morgan fingerprint density at radius 1 is 1.35 bits per heavy atom. The first-order chi connectivity index (χ1) is 9.56. The van der Waals surface area contributed by atoms with Gasteiger partial charge in [-0.25, -0.2) is 4.79 Å². The minimum absolute atomic E-state index is 0.0503. The van der Waals surface area contributed by atoms with Crippen molar-refractivity contribution in [3.8, 4) is 5.75 Å². The summed E-state index contributed by atoms with van der Waals surface area (Å²) in [6.07, 6.45) is 2.18. The zero-order valence-electron chi connectivity index (χ0n) is 10.6. The highest BCUT2D eigenvalue weighted by molar-refractivity contribution is 6.11. The van der Waals surface area contributed by atoms with Crippen molar-refractivity contribution in [2.24, 2.45) is 0 Å². The molecule has 3 rings (SSSR count). The molecule has 4 N–H and O–H groups in total. The van der Waals surface area contributed by atoms with Crippen molar-refractivity contribution in [3.63, 3.8) is 0 Å². The van der Waals surface area contributed by atoms with E-state index < -0.39 is 5.97 Å². The Balaban J connectivity index is 1.98. The van der Waals surface area contributed by atoms with E-state index in [9.17, 15) is 14.7 Å². The molecule has 1 heterocycles. The van der Waals surface area contributed by atoms with Crippen molar-refractivity contribution >= 4 is 22.7 Å². The van der Waals surface area contributed by atoms with E-state index in [1.165, 1.54) is 18.2 Å². The standard InChI is InChI=1S/C14H14N2O4/c17-11-4-3-8(12(18)6-15-7-1-2-7)9-5-10(14(19)20)16-13(9)11/h3-5,7,15-17H,1-2,6H2,(H,19,20). The number of carboxylic acid groups (broad SMARTS) is 1. The predicted octanol–water partition coefficient (Wildman–Crippen LogP) is 1.51. The maximum Gasteiger partial charge on any atom is 0.352 e. The van der Waals surface area contributed by atoms with Gasteiger partial charge in [0.1, 0.15) is 11.4 Å². The number of fused-ring (bicyclic) bond motifs is 1. The van der Waals surface area contributed by atoms with Crippen LogP contribution in [0.3, 0.4) is 0 Å². The third kappa shape index (κ3) is 2.25. The van der Waals surface area contributed by atoms with Crippen molar-refractivity contribution in [2.45, 2.75) is 18.9 Å². The molecule has 0 spiro atoms. The molecule has 1 saturated carbocycles. The number of benzene rings is 1. The fourth-order valence-electron chi connectivity index (χ4n) is 2.18. The number of hydrogen-bond donors (Lipinski definition) is 4. The molecule has 6 heteroatoms. The normalized spacial score (nSPS) is 14.6. The molecule has 0 saturated heterocycles. The van der Waals surface area contributed by atoms with Crippen molar-refractivity contribution < 1.29 is 19.8 Å². The molecule has 0 radical (unpaired) electrons. The third-order valence-electron chi connectivity index (χ3n) is 3.43. The van der Waals surface area contributed by atoms with E-state index in [2.05, 4.69) is 10.3 Å². The van der Waals surface area contributed by atoms with Gasteiger partial charge in [-0.3, -0.25) is 4.79 Å². The maximum atomic E-state index is 12.2. The first kappa shape index (κ1) is 12.7. The topological polar surface area (TPSA) is 102 Å². The Morgan fingerprint density at radius 3 is 2.75 bits per heavy atom. The fraction of sp³-hybridized carbons (Fsp3) is 0.286. The SMILES string of the molecule is O=C(O)c1cc2c(C(=O)CNC3CC3)ccc(O)c2[nH]1. The first-order valence-corrected chi connectivity index (χ1v) is 6.41. The van der Waals surface area contributed by atoms with Gasteiger partial charge in [0.15, 0.2) is 5.78 Å². The van der Waals surface area contributed by atoms with Gasteiger partial charge in [-0.2, -0.15) is 0 Å². The summed E-state index contributed by atoms with van der Waals surface area (Å²) in [5, 5.41) is 22.3. The Hall–Kier alpha value is -2.34. The number of phenols is 1. The molecule has 1 aliphatic carbocycles. The number of aromatic amines is 1. The minimum Gasteiger partial charge on any atom is -0.506 e. The van der Waals surface area contributed by atoms with Crippen LogP contribution >= 0.6 is 0 Å². The van der Waals surface area contributed by atoms with Gasteiger partial charge >= 0.3 is 5.97 Å². The molecule has 1 aromatic heterocycles. The van der Waals surface area contributed by atoms with E-state index in [4.69, 9.17) is 5.11 Å². The molecular formula is C14H14N2O4. The van der Waals surface area contributed by atoms with E-state index in [1.807, 2.05) is 0 Å². The second-order valence-corrected chi connectivity index (χ2v) is 4.99. The molecule has 20 heavy (non-hydrogen) atoms. The van der Waals surface area contributed by atoms with Crippen molar-refractivity contribution in [3.05, 3.63) is 29.5 Å². The Bertz CT molecular complexity index is 701. The minimum atomic E-state index is -1.13. The maximum absolute atomic E-state index is 12.2. The first-order valence-electron chi connectivity index (χ1n) is 6.41. The van der Waals surface area contributed by atoms with Crippen LogP contribution in [0.5, 0.6) is 5.75 Å². The van der Waals surface area contributed by atoms with Crippen LogP contribution in [-0.2, 0) is 0 Å². The highest BCUT2D eigenvalue weighted by Crippen LogP contribution is 2.28. The molecule has 2 aromatic rings. The van der Waals surface area contributed by atoms with E-state index >= 15 is 0 Å². The highest BCUT2D eigenvalue weighted by atomic mass is 16.4. The Labute approximate surface area is 114 Å². The molecule has 0 unspecified atom stereocenters. The number of nitrogens with one attached hydrogen (secondary N) is 2. The molecule has 1 aromatic carbocycles. The second kappa shape index (κ2) is 4.64. The number of ketones is 1. The van der Waals surface area contributed by atoms with Crippen molar-refractivity contribution in [2.75, 3.05) is 6.54 Å². The van der Waals surface area contributed by atoms with Crippen LogP contribution in [-0.4, -0.2) is 39.5 Å². The average molecular weight is 274 g/mol. The van der Waals surface area contributed by atoms with E-state index in [0.29, 0.717) is 17.0 Å². The smallest absolute Gasteiger partial charge is 0.352 e. The number of Topliss-reactive ketones (excluding diaryl/α,β-unsaturated/α-hetero) is 1. The molecule has 6 nitrogen and oxygen atoms in total. The molecule has 0 bridgehead atoms. The Morgan fingerprint density at radius 2 is 2.10 bits per heavy atom. The number of carbonyl (C=O) groups is 2. The summed E-state index contributed by atoms with van der Waals surface area (Å²) in [5.74, 6) is -1.31. The lowest BCUT2D eigenvalue weighted by Gasteiger charge is -2.05. The second-order valence-electron chi connectivity index (χ2n) is 4.99. The third-order valence-corrected chi connectivity index (χ3v) is 3.43. The van der Waals surface area contributed by atoms with Crippen LogP contribution < -0.4 is 5.32 Å². The number of H-pyrrole nitrogens is 1.